The third-order valence-corrected chi connectivity index (χ3v) is 4.33. The predicted molar refractivity (Wildman–Crippen MR) is 83.7 cm³/mol. The normalized spacial score (nSPS) is 10.8. The van der Waals surface area contributed by atoms with E-state index in [1.165, 1.54) is 10.9 Å². The van der Waals surface area contributed by atoms with Gasteiger partial charge in [-0.25, -0.2) is 4.68 Å². The maximum atomic E-state index is 12.7. The highest BCUT2D eigenvalue weighted by molar-refractivity contribution is 6.39. The van der Waals surface area contributed by atoms with E-state index >= 15 is 0 Å². The summed E-state index contributed by atoms with van der Waals surface area (Å²) >= 11 is 12.4. The zero-order valence-electron chi connectivity index (χ0n) is 12.3. The lowest BCUT2D eigenvalue weighted by Crippen LogP contribution is -2.08. The molecule has 0 atom stereocenters. The second-order valence-electron chi connectivity index (χ2n) is 4.74. The number of halogens is 2. The highest BCUT2D eigenvalue weighted by atomic mass is 35.5. The molecule has 1 aromatic heterocycles. The van der Waals surface area contributed by atoms with Gasteiger partial charge in [0.2, 0.25) is 11.7 Å². The van der Waals surface area contributed by atoms with Crippen LogP contribution in [0.5, 0.6) is 5.88 Å². The van der Waals surface area contributed by atoms with Gasteiger partial charge < -0.3 is 4.74 Å². The number of aryl methyl sites for hydroxylation is 2. The van der Waals surface area contributed by atoms with Crippen LogP contribution in [-0.4, -0.2) is 22.2 Å². The van der Waals surface area contributed by atoms with E-state index < -0.39 is 0 Å². The van der Waals surface area contributed by atoms with E-state index in [1.807, 2.05) is 13.8 Å². The van der Waals surface area contributed by atoms with Crippen LogP contribution in [0, 0.1) is 13.8 Å². The first-order chi connectivity index (χ1) is 9.88. The summed E-state index contributed by atoms with van der Waals surface area (Å²) in [7, 11) is 1.72. The Hall–Kier alpha value is -1.52. The van der Waals surface area contributed by atoms with Crippen LogP contribution in [0.25, 0.3) is 0 Å². The van der Waals surface area contributed by atoms with Crippen molar-refractivity contribution < 1.29 is 9.53 Å². The molecule has 0 aliphatic heterocycles. The molecule has 0 bridgehead atoms. The molecule has 1 aromatic carbocycles. The number of ketones is 1. The van der Waals surface area contributed by atoms with Crippen LogP contribution in [0.4, 0.5) is 0 Å². The van der Waals surface area contributed by atoms with E-state index in [0.717, 1.165) is 5.56 Å². The van der Waals surface area contributed by atoms with Crippen molar-refractivity contribution in [3.05, 3.63) is 44.6 Å². The summed E-state index contributed by atoms with van der Waals surface area (Å²) in [5.74, 6) is 0.211. The molecule has 21 heavy (non-hydrogen) atoms. The van der Waals surface area contributed by atoms with Gasteiger partial charge in [-0.2, -0.15) is 5.10 Å². The summed E-state index contributed by atoms with van der Waals surface area (Å²) in [4.78, 5) is 12.7. The quantitative estimate of drug-likeness (QED) is 0.798. The average molecular weight is 327 g/mol. The predicted octanol–water partition coefficient (Wildman–Crippen LogP) is 3.97. The largest absolute Gasteiger partial charge is 0.478 e. The Morgan fingerprint density at radius 3 is 2.57 bits per heavy atom. The van der Waals surface area contributed by atoms with Crippen LogP contribution in [0.15, 0.2) is 12.3 Å². The third-order valence-electron chi connectivity index (χ3n) is 3.26. The van der Waals surface area contributed by atoms with Gasteiger partial charge in [0.1, 0.15) is 5.56 Å². The number of carbonyl (C=O) groups is 1. The lowest BCUT2D eigenvalue weighted by Gasteiger charge is -2.11. The van der Waals surface area contributed by atoms with Crippen molar-refractivity contribution in [3.8, 4) is 5.88 Å². The molecule has 0 spiro atoms. The lowest BCUT2D eigenvalue weighted by atomic mass is 10.0. The highest BCUT2D eigenvalue weighted by Gasteiger charge is 2.23. The van der Waals surface area contributed by atoms with E-state index in [1.54, 1.807) is 20.0 Å². The van der Waals surface area contributed by atoms with Gasteiger partial charge in [0.15, 0.2) is 0 Å². The number of aromatic nitrogens is 2. The van der Waals surface area contributed by atoms with Crippen LogP contribution >= 0.6 is 23.2 Å². The van der Waals surface area contributed by atoms with Gasteiger partial charge >= 0.3 is 0 Å². The fourth-order valence-corrected chi connectivity index (χ4v) is 2.57. The summed E-state index contributed by atoms with van der Waals surface area (Å²) in [6.45, 7) is 5.94. The minimum atomic E-state index is -0.223. The summed E-state index contributed by atoms with van der Waals surface area (Å²) in [5, 5.41) is 5.02. The van der Waals surface area contributed by atoms with Crippen molar-refractivity contribution in [1.82, 2.24) is 9.78 Å². The maximum absolute atomic E-state index is 12.7. The summed E-state index contributed by atoms with van der Waals surface area (Å²) < 4.78 is 7.01. The zero-order valence-corrected chi connectivity index (χ0v) is 13.8. The molecule has 0 amide bonds. The van der Waals surface area contributed by atoms with E-state index in [4.69, 9.17) is 27.9 Å². The fraction of sp³-hybridized carbons (Fsp3) is 0.333. The van der Waals surface area contributed by atoms with Gasteiger partial charge in [0.25, 0.3) is 0 Å². The second kappa shape index (κ2) is 6.08. The Morgan fingerprint density at radius 2 is 1.95 bits per heavy atom. The molecule has 112 valence electrons. The average Bonchev–Trinajstić information content (AvgIpc) is 2.82. The molecule has 0 saturated carbocycles. The molecule has 6 heteroatoms. The molecule has 0 radical (unpaired) electrons. The zero-order chi connectivity index (χ0) is 15.7. The number of nitrogens with zero attached hydrogens (tertiary/aromatic N) is 2. The molecule has 0 unspecified atom stereocenters. The molecule has 1 heterocycles. The van der Waals surface area contributed by atoms with Gasteiger partial charge in [-0.1, -0.05) is 23.2 Å². The number of hydrogen-bond acceptors (Lipinski definition) is 3. The topological polar surface area (TPSA) is 44.1 Å². The first kappa shape index (κ1) is 15.9. The third kappa shape index (κ3) is 2.78. The molecule has 0 aliphatic carbocycles. The Balaban J connectivity index is 2.56. The van der Waals surface area contributed by atoms with Crippen molar-refractivity contribution in [2.24, 2.45) is 7.05 Å². The van der Waals surface area contributed by atoms with Gasteiger partial charge in [-0.15, -0.1) is 0 Å². The van der Waals surface area contributed by atoms with Crippen LogP contribution in [-0.2, 0) is 7.05 Å². The Bertz CT molecular complexity index is 708. The van der Waals surface area contributed by atoms with E-state index in [-0.39, 0.29) is 5.78 Å². The van der Waals surface area contributed by atoms with E-state index in [2.05, 4.69) is 5.10 Å². The lowest BCUT2D eigenvalue weighted by molar-refractivity contribution is 0.103. The monoisotopic (exact) mass is 326 g/mol. The number of rotatable bonds is 4. The minimum absolute atomic E-state index is 0.223. The summed E-state index contributed by atoms with van der Waals surface area (Å²) in [5.41, 5.74) is 2.31. The SMILES string of the molecule is CCOc1c(C(=O)c2cc(C)c(Cl)c(C)c2Cl)cnn1C. The van der Waals surface area contributed by atoms with Crippen molar-refractivity contribution in [2.75, 3.05) is 6.61 Å². The molecular weight excluding hydrogens is 311 g/mol. The van der Waals surface area contributed by atoms with Gasteiger partial charge in [-0.3, -0.25) is 4.79 Å². The van der Waals surface area contributed by atoms with Crippen molar-refractivity contribution in [1.29, 1.82) is 0 Å². The number of carbonyl (C=O) groups excluding carboxylic acids is 1. The number of hydrogen-bond donors (Lipinski definition) is 0. The first-order valence-corrected chi connectivity index (χ1v) is 7.28. The first-order valence-electron chi connectivity index (χ1n) is 6.53. The van der Waals surface area contributed by atoms with E-state index in [9.17, 15) is 4.79 Å². The fourth-order valence-electron chi connectivity index (χ4n) is 2.14. The molecule has 0 fully saturated rings. The van der Waals surface area contributed by atoms with Gasteiger partial charge in [0, 0.05) is 17.6 Å². The maximum Gasteiger partial charge on any atom is 0.223 e. The minimum Gasteiger partial charge on any atom is -0.478 e. The molecule has 0 N–H and O–H groups in total. The van der Waals surface area contributed by atoms with Crippen LogP contribution in [0.1, 0.15) is 34.0 Å². The number of ether oxygens (including phenoxy) is 1. The van der Waals surface area contributed by atoms with Gasteiger partial charge in [0.05, 0.1) is 17.8 Å². The smallest absolute Gasteiger partial charge is 0.223 e. The molecule has 0 aliphatic rings. The Morgan fingerprint density at radius 1 is 1.29 bits per heavy atom. The van der Waals surface area contributed by atoms with E-state index in [0.29, 0.717) is 39.2 Å². The molecular formula is C15H16Cl2N2O2. The molecule has 4 nitrogen and oxygen atoms in total. The molecule has 0 saturated heterocycles. The Labute approximate surface area is 133 Å². The molecule has 2 rings (SSSR count). The highest BCUT2D eigenvalue weighted by Crippen LogP contribution is 2.33. The Kier molecular flexibility index (Phi) is 4.59. The van der Waals surface area contributed by atoms with Crippen LogP contribution in [0.3, 0.4) is 0 Å². The van der Waals surface area contributed by atoms with Crippen molar-refractivity contribution in [2.45, 2.75) is 20.8 Å². The molecule has 2 aromatic rings. The standard InChI is InChI=1S/C15H16Cl2N2O2/c1-5-21-15-11(7-18-19(15)4)14(20)10-6-8(2)12(16)9(3)13(10)17/h6-7H,5H2,1-4H3. The summed E-state index contributed by atoms with van der Waals surface area (Å²) in [6, 6.07) is 1.70. The van der Waals surface area contributed by atoms with Crippen LogP contribution in [0.2, 0.25) is 10.0 Å². The van der Waals surface area contributed by atoms with Crippen LogP contribution < -0.4 is 4.74 Å². The van der Waals surface area contributed by atoms with Crippen molar-refractivity contribution in [3.63, 3.8) is 0 Å². The summed E-state index contributed by atoms with van der Waals surface area (Å²) in [6.07, 6.45) is 1.49. The van der Waals surface area contributed by atoms with Crippen molar-refractivity contribution >= 4 is 29.0 Å². The number of benzene rings is 1. The second-order valence-corrected chi connectivity index (χ2v) is 5.50. The van der Waals surface area contributed by atoms with Gasteiger partial charge in [-0.05, 0) is 38.0 Å².